The molecule has 1 fully saturated rings. The second-order valence-electron chi connectivity index (χ2n) is 10.5. The van der Waals surface area contributed by atoms with Crippen LogP contribution < -0.4 is 10.7 Å². The summed E-state index contributed by atoms with van der Waals surface area (Å²) in [6, 6.07) is 13.0. The zero-order chi connectivity index (χ0) is 28.4. The number of hydrazine groups is 1. The van der Waals surface area contributed by atoms with Crippen LogP contribution in [-0.4, -0.2) is 76.2 Å². The molecule has 3 rings (SSSR count). The highest BCUT2D eigenvalue weighted by molar-refractivity contribution is 6.00. The summed E-state index contributed by atoms with van der Waals surface area (Å²) in [5.74, 6) is -0.737. The fraction of sp³-hybridized carbons (Fsp3) is 0.500. The van der Waals surface area contributed by atoms with Crippen LogP contribution >= 0.6 is 0 Å². The van der Waals surface area contributed by atoms with Crippen molar-refractivity contribution in [3.05, 3.63) is 65.2 Å². The molecule has 2 aromatic carbocycles. The van der Waals surface area contributed by atoms with E-state index in [1.807, 2.05) is 37.3 Å². The Morgan fingerprint density at radius 3 is 2.36 bits per heavy atom. The summed E-state index contributed by atoms with van der Waals surface area (Å²) in [6.07, 6.45) is 2.24. The average Bonchev–Trinajstić information content (AvgIpc) is 3.46. The van der Waals surface area contributed by atoms with E-state index in [4.69, 9.17) is 0 Å². The van der Waals surface area contributed by atoms with Crippen LogP contribution in [-0.2, 0) is 11.2 Å². The maximum Gasteiger partial charge on any atom is 0.257 e. The molecule has 1 aliphatic heterocycles. The molecule has 9 nitrogen and oxygen atoms in total. The second-order valence-corrected chi connectivity index (χ2v) is 10.5. The molecule has 4 N–H and O–H groups in total. The molecule has 0 spiro atoms. The summed E-state index contributed by atoms with van der Waals surface area (Å²) in [5.41, 5.74) is 4.28. The quantitative estimate of drug-likeness (QED) is 0.291. The number of phenols is 1. The van der Waals surface area contributed by atoms with Crippen molar-refractivity contribution in [3.8, 4) is 5.75 Å². The third kappa shape index (κ3) is 8.80. The van der Waals surface area contributed by atoms with E-state index in [1.165, 1.54) is 23.2 Å². The summed E-state index contributed by atoms with van der Waals surface area (Å²) >= 11 is 0. The summed E-state index contributed by atoms with van der Waals surface area (Å²) in [4.78, 5) is 40.5. The Hall–Kier alpha value is -3.43. The van der Waals surface area contributed by atoms with Crippen LogP contribution in [0.2, 0.25) is 0 Å². The Kier molecular flexibility index (Phi) is 11.3. The first-order chi connectivity index (χ1) is 18.7. The minimum absolute atomic E-state index is 0.00290. The molecule has 0 saturated carbocycles. The maximum absolute atomic E-state index is 13.2. The zero-order valence-electron chi connectivity index (χ0n) is 23.2. The minimum atomic E-state index is -1.07. The smallest absolute Gasteiger partial charge is 0.257 e. The number of nitrogens with one attached hydrogen (secondary N) is 2. The normalized spacial score (nSPS) is 14.7. The maximum atomic E-state index is 13.2. The predicted molar refractivity (Wildman–Crippen MR) is 150 cm³/mol. The van der Waals surface area contributed by atoms with E-state index in [2.05, 4.69) is 24.6 Å². The number of rotatable bonds is 13. The largest absolute Gasteiger partial charge is 0.507 e. The van der Waals surface area contributed by atoms with Crippen molar-refractivity contribution < 1.29 is 24.6 Å². The SMILES string of the molecule is CCNN(CC(O)C(Cc1ccccc1)NC(=O)c1ccc(C(=O)N2CCCC2)c(O)c1)C(=O)CCC(C)C. The first-order valence-electron chi connectivity index (χ1n) is 13.9. The van der Waals surface area contributed by atoms with Crippen LogP contribution in [0, 0.1) is 5.92 Å². The van der Waals surface area contributed by atoms with Gasteiger partial charge in [-0.1, -0.05) is 51.1 Å². The number of carbonyl (C=O) groups is 3. The van der Waals surface area contributed by atoms with Crippen molar-refractivity contribution in [2.45, 2.75) is 65.0 Å². The number of nitrogens with zero attached hydrogens (tertiary/aromatic N) is 2. The molecule has 2 atom stereocenters. The lowest BCUT2D eigenvalue weighted by Crippen LogP contribution is -2.53. The monoisotopic (exact) mass is 538 g/mol. The minimum Gasteiger partial charge on any atom is -0.507 e. The van der Waals surface area contributed by atoms with Crippen molar-refractivity contribution in [2.75, 3.05) is 26.2 Å². The fourth-order valence-corrected chi connectivity index (χ4v) is 4.65. The van der Waals surface area contributed by atoms with Gasteiger partial charge in [0.25, 0.3) is 11.8 Å². The molecular formula is C30H42N4O5. The molecule has 1 saturated heterocycles. The van der Waals surface area contributed by atoms with Crippen molar-refractivity contribution >= 4 is 17.7 Å². The van der Waals surface area contributed by atoms with Crippen LogP contribution in [0.5, 0.6) is 5.75 Å². The molecule has 0 aromatic heterocycles. The van der Waals surface area contributed by atoms with E-state index in [0.717, 1.165) is 24.8 Å². The number of aromatic hydroxyl groups is 1. The number of amides is 3. The van der Waals surface area contributed by atoms with Crippen LogP contribution in [0.4, 0.5) is 0 Å². The van der Waals surface area contributed by atoms with Gasteiger partial charge in [0, 0.05) is 31.6 Å². The Bertz CT molecular complexity index is 1100. The molecule has 0 aliphatic carbocycles. The summed E-state index contributed by atoms with van der Waals surface area (Å²) in [6.45, 7) is 7.81. The van der Waals surface area contributed by atoms with Gasteiger partial charge in [-0.05, 0) is 55.4 Å². The van der Waals surface area contributed by atoms with Gasteiger partial charge in [0.05, 0.1) is 24.3 Å². The van der Waals surface area contributed by atoms with E-state index >= 15 is 0 Å². The van der Waals surface area contributed by atoms with Gasteiger partial charge in [-0.25, -0.2) is 5.43 Å². The predicted octanol–water partition coefficient (Wildman–Crippen LogP) is 3.12. The van der Waals surface area contributed by atoms with Crippen molar-refractivity contribution in [2.24, 2.45) is 5.92 Å². The molecule has 0 radical (unpaired) electrons. The van der Waals surface area contributed by atoms with Gasteiger partial charge >= 0.3 is 0 Å². The highest BCUT2D eigenvalue weighted by atomic mass is 16.3. The van der Waals surface area contributed by atoms with Crippen molar-refractivity contribution in [1.29, 1.82) is 0 Å². The molecule has 9 heteroatoms. The van der Waals surface area contributed by atoms with E-state index < -0.39 is 18.1 Å². The summed E-state index contributed by atoms with van der Waals surface area (Å²) in [5, 5.41) is 26.1. The van der Waals surface area contributed by atoms with Crippen LogP contribution in [0.3, 0.4) is 0 Å². The zero-order valence-corrected chi connectivity index (χ0v) is 23.2. The van der Waals surface area contributed by atoms with Gasteiger partial charge in [0.1, 0.15) is 5.75 Å². The van der Waals surface area contributed by atoms with E-state index in [0.29, 0.717) is 38.4 Å². The Morgan fingerprint density at radius 2 is 1.74 bits per heavy atom. The van der Waals surface area contributed by atoms with E-state index in [-0.39, 0.29) is 35.2 Å². The van der Waals surface area contributed by atoms with Gasteiger partial charge < -0.3 is 20.4 Å². The number of aliphatic hydroxyl groups is 1. The highest BCUT2D eigenvalue weighted by Crippen LogP contribution is 2.23. The van der Waals surface area contributed by atoms with Gasteiger partial charge in [-0.2, -0.15) is 0 Å². The molecular weight excluding hydrogens is 496 g/mol. The number of hydrogen-bond acceptors (Lipinski definition) is 6. The highest BCUT2D eigenvalue weighted by Gasteiger charge is 2.28. The first-order valence-corrected chi connectivity index (χ1v) is 13.9. The van der Waals surface area contributed by atoms with Gasteiger partial charge in [0.15, 0.2) is 0 Å². The lowest BCUT2D eigenvalue weighted by atomic mass is 9.99. The number of hydrogen-bond donors (Lipinski definition) is 4. The van der Waals surface area contributed by atoms with Crippen molar-refractivity contribution in [3.63, 3.8) is 0 Å². The third-order valence-corrected chi connectivity index (χ3v) is 6.92. The lowest BCUT2D eigenvalue weighted by Gasteiger charge is -2.30. The Morgan fingerprint density at radius 1 is 1.05 bits per heavy atom. The van der Waals surface area contributed by atoms with Crippen molar-refractivity contribution in [1.82, 2.24) is 20.7 Å². The van der Waals surface area contributed by atoms with Crippen LogP contribution in [0.25, 0.3) is 0 Å². The standard InChI is InChI=1S/C30H42N4O5/c1-4-31-34(28(37)15-12-21(2)3)20-27(36)25(18-22-10-6-5-7-11-22)32-29(38)23-13-14-24(26(35)19-23)30(39)33-16-8-9-17-33/h5-7,10-11,13-14,19,21,25,27,31,35-36H,4,8-9,12,15-18,20H2,1-3H3,(H,32,38). The lowest BCUT2D eigenvalue weighted by molar-refractivity contribution is -0.136. The molecule has 2 aromatic rings. The molecule has 0 bridgehead atoms. The van der Waals surface area contributed by atoms with Gasteiger partial charge in [-0.3, -0.25) is 19.4 Å². The molecule has 1 heterocycles. The Balaban J connectivity index is 1.76. The molecule has 3 amide bonds. The fourth-order valence-electron chi connectivity index (χ4n) is 4.65. The topological polar surface area (TPSA) is 122 Å². The van der Waals surface area contributed by atoms with E-state index in [1.54, 1.807) is 4.90 Å². The number of benzene rings is 2. The Labute approximate surface area is 231 Å². The number of carbonyl (C=O) groups excluding carboxylic acids is 3. The van der Waals surface area contributed by atoms with Crippen LogP contribution in [0.1, 0.15) is 72.7 Å². The number of aliphatic hydroxyl groups excluding tert-OH is 1. The van der Waals surface area contributed by atoms with Gasteiger partial charge in [0.2, 0.25) is 5.91 Å². The first kappa shape index (κ1) is 30.1. The molecule has 2 unspecified atom stereocenters. The molecule has 212 valence electrons. The van der Waals surface area contributed by atoms with Crippen LogP contribution in [0.15, 0.2) is 48.5 Å². The number of phenolic OH excluding ortho intramolecular Hbond substituents is 1. The number of likely N-dealkylation sites (tertiary alicyclic amines) is 1. The van der Waals surface area contributed by atoms with E-state index in [9.17, 15) is 24.6 Å². The summed E-state index contributed by atoms with van der Waals surface area (Å²) in [7, 11) is 0. The molecule has 1 aliphatic rings. The average molecular weight is 539 g/mol. The second kappa shape index (κ2) is 14.6. The molecule has 39 heavy (non-hydrogen) atoms. The summed E-state index contributed by atoms with van der Waals surface area (Å²) < 4.78 is 0. The third-order valence-electron chi connectivity index (χ3n) is 6.92. The van der Waals surface area contributed by atoms with Gasteiger partial charge in [-0.15, -0.1) is 0 Å².